The Labute approximate surface area is 192 Å². The second kappa shape index (κ2) is 8.37. The fourth-order valence-corrected chi connectivity index (χ4v) is 5.12. The molecular formula is C25H23FN4O2S. The zero-order valence-corrected chi connectivity index (χ0v) is 18.8. The van der Waals surface area contributed by atoms with Gasteiger partial charge in [-0.05, 0) is 78.6 Å². The summed E-state index contributed by atoms with van der Waals surface area (Å²) in [6.07, 6.45) is 2.08. The van der Waals surface area contributed by atoms with Gasteiger partial charge in [0.1, 0.15) is 11.6 Å². The zero-order valence-electron chi connectivity index (χ0n) is 18.0. The summed E-state index contributed by atoms with van der Waals surface area (Å²) in [6, 6.07) is 23.0. The molecule has 8 heteroatoms. The highest BCUT2D eigenvalue weighted by atomic mass is 32.2. The summed E-state index contributed by atoms with van der Waals surface area (Å²) in [5, 5.41) is 4.34. The van der Waals surface area contributed by atoms with Crippen LogP contribution >= 0.6 is 0 Å². The van der Waals surface area contributed by atoms with E-state index in [1.54, 1.807) is 18.2 Å². The van der Waals surface area contributed by atoms with Crippen LogP contribution in [0.25, 0.3) is 10.9 Å². The molecule has 6 nitrogen and oxygen atoms in total. The predicted molar refractivity (Wildman–Crippen MR) is 130 cm³/mol. The average molecular weight is 463 g/mol. The highest BCUT2D eigenvalue weighted by Gasteiger charge is 2.22. The predicted octanol–water partition coefficient (Wildman–Crippen LogP) is 5.27. The standard InChI is InChI=1S/C25H23FN4O2S/c1-30(21-11-8-19(26)9-12-21)33(31,32)29-20-10-14-23-18(16-20)7-15-25(27-23)28-24-13-6-17-4-2-3-5-22(17)24/h2-5,7-12,14-16,24,29H,6,13H2,1H3,(H,27,28)/t24-/m1/s1. The van der Waals surface area contributed by atoms with Crippen LogP contribution in [0.3, 0.4) is 0 Å². The lowest BCUT2D eigenvalue weighted by molar-refractivity contribution is 0.599. The quantitative estimate of drug-likeness (QED) is 0.410. The average Bonchev–Trinajstić information content (AvgIpc) is 3.22. The first kappa shape index (κ1) is 21.2. The van der Waals surface area contributed by atoms with E-state index in [-0.39, 0.29) is 6.04 Å². The molecule has 0 fully saturated rings. The Morgan fingerprint density at radius 1 is 1.00 bits per heavy atom. The molecule has 0 spiro atoms. The zero-order chi connectivity index (χ0) is 23.0. The summed E-state index contributed by atoms with van der Waals surface area (Å²) < 4.78 is 42.3. The lowest BCUT2D eigenvalue weighted by Gasteiger charge is -2.20. The minimum atomic E-state index is -3.87. The first-order valence-corrected chi connectivity index (χ1v) is 12.1. The molecule has 3 aromatic carbocycles. The van der Waals surface area contributed by atoms with Crippen LogP contribution < -0.4 is 14.3 Å². The van der Waals surface area contributed by atoms with Crippen LogP contribution in [0.15, 0.2) is 78.9 Å². The van der Waals surface area contributed by atoms with Gasteiger partial charge in [-0.2, -0.15) is 8.42 Å². The van der Waals surface area contributed by atoms with Gasteiger partial charge in [0.25, 0.3) is 0 Å². The molecule has 168 valence electrons. The fourth-order valence-electron chi connectivity index (χ4n) is 4.16. The van der Waals surface area contributed by atoms with E-state index in [2.05, 4.69) is 34.3 Å². The lowest BCUT2D eigenvalue weighted by Crippen LogP contribution is -2.32. The highest BCUT2D eigenvalue weighted by molar-refractivity contribution is 7.94. The van der Waals surface area contributed by atoms with Crippen molar-refractivity contribution in [2.45, 2.75) is 18.9 Å². The van der Waals surface area contributed by atoms with E-state index in [4.69, 9.17) is 4.98 Å². The number of aromatic nitrogens is 1. The van der Waals surface area contributed by atoms with Crippen LogP contribution in [-0.4, -0.2) is 20.4 Å². The number of hydrogen-bond acceptors (Lipinski definition) is 4. The van der Waals surface area contributed by atoms with Crippen molar-refractivity contribution in [1.29, 1.82) is 0 Å². The minimum absolute atomic E-state index is 0.235. The first-order valence-electron chi connectivity index (χ1n) is 10.7. The molecule has 1 atom stereocenters. The van der Waals surface area contributed by atoms with Gasteiger partial charge in [0.05, 0.1) is 22.9 Å². The molecular weight excluding hydrogens is 439 g/mol. The number of pyridine rings is 1. The summed E-state index contributed by atoms with van der Waals surface area (Å²) in [4.78, 5) is 4.71. The Balaban J connectivity index is 1.33. The monoisotopic (exact) mass is 462 g/mol. The van der Waals surface area contributed by atoms with Crippen LogP contribution in [0.2, 0.25) is 0 Å². The molecule has 0 bridgehead atoms. The maximum atomic E-state index is 13.2. The van der Waals surface area contributed by atoms with Gasteiger partial charge in [-0.1, -0.05) is 24.3 Å². The number of fused-ring (bicyclic) bond motifs is 2. The van der Waals surface area contributed by atoms with Crippen LogP contribution in [0.1, 0.15) is 23.6 Å². The molecule has 1 aliphatic rings. The summed E-state index contributed by atoms with van der Waals surface area (Å²) in [7, 11) is -2.46. The van der Waals surface area contributed by atoms with Crippen molar-refractivity contribution in [2.75, 3.05) is 21.4 Å². The molecule has 0 saturated heterocycles. The van der Waals surface area contributed by atoms with Gasteiger partial charge < -0.3 is 5.32 Å². The van der Waals surface area contributed by atoms with Gasteiger partial charge in [0.15, 0.2) is 0 Å². The van der Waals surface area contributed by atoms with Crippen molar-refractivity contribution in [3.63, 3.8) is 0 Å². The number of aryl methyl sites for hydroxylation is 1. The van der Waals surface area contributed by atoms with Gasteiger partial charge in [0.2, 0.25) is 0 Å². The molecule has 2 N–H and O–H groups in total. The van der Waals surface area contributed by atoms with Crippen LogP contribution in [0.5, 0.6) is 0 Å². The number of nitrogens with one attached hydrogen (secondary N) is 2. The number of halogens is 1. The molecule has 0 amide bonds. The second-order valence-electron chi connectivity index (χ2n) is 8.09. The van der Waals surface area contributed by atoms with Crippen LogP contribution in [-0.2, 0) is 16.6 Å². The van der Waals surface area contributed by atoms with E-state index in [0.717, 1.165) is 33.9 Å². The first-order chi connectivity index (χ1) is 15.9. The third-order valence-corrected chi connectivity index (χ3v) is 7.37. The second-order valence-corrected chi connectivity index (χ2v) is 9.79. The normalized spacial score (nSPS) is 15.3. The highest BCUT2D eigenvalue weighted by Crippen LogP contribution is 2.33. The number of nitrogens with zero attached hydrogens (tertiary/aromatic N) is 2. The molecule has 33 heavy (non-hydrogen) atoms. The summed E-state index contributed by atoms with van der Waals surface area (Å²) in [5.74, 6) is 0.360. The van der Waals surface area contributed by atoms with E-state index in [9.17, 15) is 12.8 Å². The molecule has 0 aliphatic heterocycles. The van der Waals surface area contributed by atoms with E-state index >= 15 is 0 Å². The SMILES string of the molecule is CN(c1ccc(F)cc1)S(=O)(=O)Nc1ccc2nc(N[C@@H]3CCc4ccccc43)ccc2c1. The molecule has 0 saturated carbocycles. The Bertz CT molecular complexity index is 1420. The molecule has 0 radical (unpaired) electrons. The van der Waals surface area contributed by atoms with Crippen molar-refractivity contribution < 1.29 is 12.8 Å². The van der Waals surface area contributed by atoms with Crippen molar-refractivity contribution >= 4 is 38.3 Å². The number of anilines is 3. The largest absolute Gasteiger partial charge is 0.363 e. The molecule has 5 rings (SSSR count). The Hall–Kier alpha value is -3.65. The maximum Gasteiger partial charge on any atom is 0.323 e. The number of rotatable bonds is 6. The van der Waals surface area contributed by atoms with Crippen LogP contribution in [0.4, 0.5) is 21.6 Å². The Kier molecular flexibility index (Phi) is 5.38. The molecule has 1 heterocycles. The maximum absolute atomic E-state index is 13.2. The third-order valence-electron chi connectivity index (χ3n) is 5.94. The van der Waals surface area contributed by atoms with E-state index in [0.29, 0.717) is 11.4 Å². The van der Waals surface area contributed by atoms with E-state index in [1.165, 1.54) is 42.4 Å². The van der Waals surface area contributed by atoms with Gasteiger partial charge >= 0.3 is 10.2 Å². The molecule has 1 aromatic heterocycles. The number of hydrogen-bond donors (Lipinski definition) is 2. The molecule has 4 aromatic rings. The van der Waals surface area contributed by atoms with Crippen molar-refractivity contribution in [3.05, 3.63) is 95.8 Å². The topological polar surface area (TPSA) is 74.3 Å². The number of benzene rings is 3. The fraction of sp³-hybridized carbons (Fsp3) is 0.160. The van der Waals surface area contributed by atoms with E-state index in [1.807, 2.05) is 12.1 Å². The van der Waals surface area contributed by atoms with Gasteiger partial charge in [-0.3, -0.25) is 9.03 Å². The summed E-state index contributed by atoms with van der Waals surface area (Å²) >= 11 is 0. The summed E-state index contributed by atoms with van der Waals surface area (Å²) in [5.41, 5.74) is 4.23. The van der Waals surface area contributed by atoms with Crippen molar-refractivity contribution in [2.24, 2.45) is 0 Å². The third kappa shape index (κ3) is 4.34. The Morgan fingerprint density at radius 3 is 2.61 bits per heavy atom. The van der Waals surface area contributed by atoms with Gasteiger partial charge in [-0.15, -0.1) is 0 Å². The molecule has 0 unspecified atom stereocenters. The van der Waals surface area contributed by atoms with Gasteiger partial charge in [0, 0.05) is 12.4 Å². The van der Waals surface area contributed by atoms with Gasteiger partial charge in [-0.25, -0.2) is 9.37 Å². The minimum Gasteiger partial charge on any atom is -0.363 e. The van der Waals surface area contributed by atoms with E-state index < -0.39 is 16.0 Å². The Morgan fingerprint density at radius 2 is 1.79 bits per heavy atom. The smallest absolute Gasteiger partial charge is 0.323 e. The van der Waals surface area contributed by atoms with Crippen molar-refractivity contribution in [3.8, 4) is 0 Å². The summed E-state index contributed by atoms with van der Waals surface area (Å²) in [6.45, 7) is 0. The molecule has 1 aliphatic carbocycles. The lowest BCUT2D eigenvalue weighted by atomic mass is 10.1. The van der Waals surface area contributed by atoms with Crippen LogP contribution in [0, 0.1) is 5.82 Å². The van der Waals surface area contributed by atoms with Crippen molar-refractivity contribution in [1.82, 2.24) is 4.98 Å².